The number of halogens is 1. The number of aliphatic imine (C=N–C) groups is 1. The molecule has 0 aromatic heterocycles. The zero-order valence-electron chi connectivity index (χ0n) is 17.2. The molecule has 2 saturated heterocycles. The van der Waals surface area contributed by atoms with E-state index in [0.717, 1.165) is 58.5 Å². The minimum absolute atomic E-state index is 0. The van der Waals surface area contributed by atoms with E-state index in [-0.39, 0.29) is 24.0 Å². The number of nitrogens with zero attached hydrogens (tertiary/aromatic N) is 3. The third-order valence-electron chi connectivity index (χ3n) is 5.27. The Morgan fingerprint density at radius 2 is 1.86 bits per heavy atom. The third kappa shape index (κ3) is 6.86. The average Bonchev–Trinajstić information content (AvgIpc) is 3.21. The number of hydrogen-bond acceptors (Lipinski definition) is 4. The summed E-state index contributed by atoms with van der Waals surface area (Å²) in [5, 5.41) is 3.47. The zero-order chi connectivity index (χ0) is 18.9. The van der Waals surface area contributed by atoms with Crippen LogP contribution in [0, 0.1) is 0 Å². The van der Waals surface area contributed by atoms with Gasteiger partial charge in [0.2, 0.25) is 0 Å². The zero-order valence-corrected chi connectivity index (χ0v) is 19.6. The topological polar surface area (TPSA) is 49.3 Å². The third-order valence-corrected chi connectivity index (χ3v) is 5.27. The molecule has 2 fully saturated rings. The van der Waals surface area contributed by atoms with Crippen molar-refractivity contribution in [2.45, 2.75) is 39.5 Å². The Hall–Kier alpha value is -0.900. The molecular formula is C21H35IN4O2. The fourth-order valence-electron chi connectivity index (χ4n) is 3.73. The maximum absolute atomic E-state index is 5.49. The summed E-state index contributed by atoms with van der Waals surface area (Å²) in [6.45, 7) is 13.1. The van der Waals surface area contributed by atoms with Gasteiger partial charge in [-0.15, -0.1) is 24.0 Å². The van der Waals surface area contributed by atoms with Crippen molar-refractivity contribution >= 4 is 29.9 Å². The van der Waals surface area contributed by atoms with Crippen LogP contribution in [0.4, 0.5) is 0 Å². The lowest BCUT2D eigenvalue weighted by molar-refractivity contribution is 0.0195. The van der Waals surface area contributed by atoms with Gasteiger partial charge in [-0.05, 0) is 31.4 Å². The largest absolute Gasteiger partial charge is 0.379 e. The SMILES string of the molecule is CCNC(=NCc1ccc(COCC)cc1)N1CCC(N2CCOCC2)C1.I. The number of benzene rings is 1. The van der Waals surface area contributed by atoms with Crippen LogP contribution >= 0.6 is 24.0 Å². The van der Waals surface area contributed by atoms with Gasteiger partial charge in [0, 0.05) is 45.4 Å². The molecule has 0 spiro atoms. The first kappa shape index (κ1) is 23.4. The van der Waals surface area contributed by atoms with Crippen molar-refractivity contribution in [3.63, 3.8) is 0 Å². The molecule has 2 heterocycles. The lowest BCUT2D eigenvalue weighted by atomic mass is 10.1. The lowest BCUT2D eigenvalue weighted by Gasteiger charge is -2.32. The summed E-state index contributed by atoms with van der Waals surface area (Å²) in [4.78, 5) is 9.88. The van der Waals surface area contributed by atoms with Crippen molar-refractivity contribution in [1.82, 2.24) is 15.1 Å². The van der Waals surface area contributed by atoms with Crippen LogP contribution in [0.5, 0.6) is 0 Å². The molecule has 1 atom stereocenters. The van der Waals surface area contributed by atoms with E-state index in [9.17, 15) is 0 Å². The molecule has 6 nitrogen and oxygen atoms in total. The van der Waals surface area contributed by atoms with Gasteiger partial charge in [-0.2, -0.15) is 0 Å². The Labute approximate surface area is 186 Å². The molecular weight excluding hydrogens is 467 g/mol. The van der Waals surface area contributed by atoms with Gasteiger partial charge in [-0.1, -0.05) is 24.3 Å². The van der Waals surface area contributed by atoms with Crippen LogP contribution in [0.2, 0.25) is 0 Å². The molecule has 2 aliphatic heterocycles. The molecule has 0 aliphatic carbocycles. The number of likely N-dealkylation sites (tertiary alicyclic amines) is 1. The highest BCUT2D eigenvalue weighted by Gasteiger charge is 2.30. The van der Waals surface area contributed by atoms with Crippen LogP contribution in [0.3, 0.4) is 0 Å². The van der Waals surface area contributed by atoms with Gasteiger partial charge in [0.25, 0.3) is 0 Å². The molecule has 0 amide bonds. The average molecular weight is 502 g/mol. The molecule has 1 aromatic rings. The first-order valence-corrected chi connectivity index (χ1v) is 10.3. The first-order valence-electron chi connectivity index (χ1n) is 10.3. The Kier molecular flexibility index (Phi) is 10.5. The van der Waals surface area contributed by atoms with Gasteiger partial charge in [-0.25, -0.2) is 4.99 Å². The summed E-state index contributed by atoms with van der Waals surface area (Å²) in [7, 11) is 0. The summed E-state index contributed by atoms with van der Waals surface area (Å²) in [6, 6.07) is 9.20. The van der Waals surface area contributed by atoms with E-state index < -0.39 is 0 Å². The Morgan fingerprint density at radius 1 is 1.14 bits per heavy atom. The van der Waals surface area contributed by atoms with Gasteiger partial charge in [-0.3, -0.25) is 4.90 Å². The van der Waals surface area contributed by atoms with Crippen LogP contribution in [0.1, 0.15) is 31.4 Å². The monoisotopic (exact) mass is 502 g/mol. The van der Waals surface area contributed by atoms with Gasteiger partial charge in [0.05, 0.1) is 26.4 Å². The maximum atomic E-state index is 5.49. The lowest BCUT2D eigenvalue weighted by Crippen LogP contribution is -2.46. The second kappa shape index (κ2) is 12.6. The van der Waals surface area contributed by atoms with Crippen LogP contribution in [0.15, 0.2) is 29.3 Å². The van der Waals surface area contributed by atoms with Crippen molar-refractivity contribution in [3.8, 4) is 0 Å². The normalized spacial score (nSPS) is 20.9. The van der Waals surface area contributed by atoms with Crippen molar-refractivity contribution in [2.24, 2.45) is 4.99 Å². The van der Waals surface area contributed by atoms with Crippen LogP contribution < -0.4 is 5.32 Å². The number of ether oxygens (including phenoxy) is 2. The fraction of sp³-hybridized carbons (Fsp3) is 0.667. The Balaban J connectivity index is 0.00000280. The predicted octanol–water partition coefficient (Wildman–Crippen LogP) is 2.71. The number of morpholine rings is 1. The maximum Gasteiger partial charge on any atom is 0.194 e. The summed E-state index contributed by atoms with van der Waals surface area (Å²) in [5.41, 5.74) is 2.44. The van der Waals surface area contributed by atoms with Crippen molar-refractivity contribution < 1.29 is 9.47 Å². The molecule has 158 valence electrons. The second-order valence-electron chi connectivity index (χ2n) is 7.16. The molecule has 1 unspecified atom stereocenters. The summed E-state index contributed by atoms with van der Waals surface area (Å²) in [6.07, 6.45) is 1.20. The second-order valence-corrected chi connectivity index (χ2v) is 7.16. The molecule has 1 N–H and O–H groups in total. The van der Waals surface area contributed by atoms with Gasteiger partial charge in [0.1, 0.15) is 0 Å². The molecule has 0 bridgehead atoms. The Bertz CT molecular complexity index is 591. The minimum atomic E-state index is 0. The van der Waals surface area contributed by atoms with E-state index in [1.807, 2.05) is 6.92 Å². The predicted molar refractivity (Wildman–Crippen MR) is 124 cm³/mol. The summed E-state index contributed by atoms with van der Waals surface area (Å²) < 4.78 is 11.0. The molecule has 2 aliphatic rings. The smallest absolute Gasteiger partial charge is 0.194 e. The van der Waals surface area contributed by atoms with Gasteiger partial charge in [0.15, 0.2) is 5.96 Å². The number of rotatable bonds is 7. The van der Waals surface area contributed by atoms with Crippen LogP contribution in [-0.2, 0) is 22.6 Å². The standard InChI is InChI=1S/C21H34N4O2.HI/c1-3-22-21(23-15-18-5-7-19(8-6-18)17-26-4-2)25-10-9-20(16-25)24-11-13-27-14-12-24;/h5-8,20H,3-4,9-17H2,1-2H3,(H,22,23);1H. The Morgan fingerprint density at radius 3 is 2.54 bits per heavy atom. The molecule has 28 heavy (non-hydrogen) atoms. The van der Waals surface area contributed by atoms with Crippen LogP contribution in [0.25, 0.3) is 0 Å². The van der Waals surface area contributed by atoms with E-state index in [1.165, 1.54) is 17.5 Å². The molecule has 3 rings (SSSR count). The highest BCUT2D eigenvalue weighted by molar-refractivity contribution is 14.0. The minimum Gasteiger partial charge on any atom is -0.379 e. The van der Waals surface area contributed by atoms with E-state index in [0.29, 0.717) is 19.2 Å². The molecule has 0 saturated carbocycles. The van der Waals surface area contributed by atoms with E-state index >= 15 is 0 Å². The van der Waals surface area contributed by atoms with E-state index in [1.54, 1.807) is 0 Å². The highest BCUT2D eigenvalue weighted by atomic mass is 127. The first-order chi connectivity index (χ1) is 13.3. The van der Waals surface area contributed by atoms with Crippen molar-refractivity contribution in [2.75, 3.05) is 52.5 Å². The van der Waals surface area contributed by atoms with Gasteiger partial charge >= 0.3 is 0 Å². The molecule has 1 aromatic carbocycles. The van der Waals surface area contributed by atoms with Crippen molar-refractivity contribution in [1.29, 1.82) is 0 Å². The fourth-order valence-corrected chi connectivity index (χ4v) is 3.73. The number of hydrogen-bond donors (Lipinski definition) is 1. The van der Waals surface area contributed by atoms with E-state index in [4.69, 9.17) is 14.5 Å². The number of nitrogens with one attached hydrogen (secondary N) is 1. The highest BCUT2D eigenvalue weighted by Crippen LogP contribution is 2.17. The van der Waals surface area contributed by atoms with Crippen LogP contribution in [-0.4, -0.2) is 74.3 Å². The van der Waals surface area contributed by atoms with Gasteiger partial charge < -0.3 is 19.7 Å². The summed E-state index contributed by atoms with van der Waals surface area (Å²) in [5.74, 6) is 1.03. The molecule has 0 radical (unpaired) electrons. The quantitative estimate of drug-likeness (QED) is 0.353. The van der Waals surface area contributed by atoms with Crippen molar-refractivity contribution in [3.05, 3.63) is 35.4 Å². The molecule has 7 heteroatoms. The van der Waals surface area contributed by atoms with E-state index in [2.05, 4.69) is 46.3 Å². The number of guanidine groups is 1. The summed E-state index contributed by atoms with van der Waals surface area (Å²) >= 11 is 0.